The number of carbonyl (C=O) groups excluding carboxylic acids is 1. The molecule has 0 radical (unpaired) electrons. The van der Waals surface area contributed by atoms with E-state index in [4.69, 9.17) is 5.73 Å². The normalized spacial score (nSPS) is 10.7. The topological polar surface area (TPSA) is 161 Å². The molecule has 11 heteroatoms. The molecular weight excluding hydrogens is 484 g/mol. The van der Waals surface area contributed by atoms with Gasteiger partial charge >= 0.3 is 0 Å². The zero-order valence-electron chi connectivity index (χ0n) is 20.2. The third kappa shape index (κ3) is 5.46. The number of nitrogen functional groups attached to an aromatic ring is 1. The van der Waals surface area contributed by atoms with Crippen LogP contribution in [0, 0.1) is 17.0 Å². The Kier molecular flexibility index (Phi) is 6.47. The third-order valence-electron chi connectivity index (χ3n) is 5.63. The van der Waals surface area contributed by atoms with Gasteiger partial charge in [0.15, 0.2) is 0 Å². The first-order chi connectivity index (χ1) is 18.3. The van der Waals surface area contributed by atoms with E-state index in [1.807, 2.05) is 13.0 Å². The Morgan fingerprint density at radius 1 is 0.895 bits per heavy atom. The molecule has 2 aromatic heterocycles. The summed E-state index contributed by atoms with van der Waals surface area (Å²) in [5.41, 5.74) is 10.2. The molecule has 0 atom stereocenters. The van der Waals surface area contributed by atoms with E-state index in [1.54, 1.807) is 66.9 Å². The maximum atomic E-state index is 12.9. The average molecular weight is 507 g/mol. The lowest BCUT2D eigenvalue weighted by Crippen LogP contribution is -2.12. The van der Waals surface area contributed by atoms with Crippen molar-refractivity contribution in [1.82, 2.24) is 15.0 Å². The molecule has 0 aliphatic rings. The van der Waals surface area contributed by atoms with E-state index in [0.717, 1.165) is 11.4 Å². The van der Waals surface area contributed by atoms with Gasteiger partial charge in [-0.1, -0.05) is 6.07 Å². The molecule has 38 heavy (non-hydrogen) atoms. The molecule has 2 heterocycles. The fourth-order valence-corrected chi connectivity index (χ4v) is 3.89. The molecular formula is C27H22N8O3. The molecule has 0 fully saturated rings. The van der Waals surface area contributed by atoms with Crippen molar-refractivity contribution in [1.29, 1.82) is 0 Å². The van der Waals surface area contributed by atoms with Crippen LogP contribution in [0.1, 0.15) is 16.1 Å². The van der Waals surface area contributed by atoms with Gasteiger partial charge in [-0.05, 0) is 61.5 Å². The largest absolute Gasteiger partial charge is 0.368 e. The highest BCUT2D eigenvalue weighted by Gasteiger charge is 2.11. The summed E-state index contributed by atoms with van der Waals surface area (Å²) < 4.78 is 0. The second-order valence-electron chi connectivity index (χ2n) is 8.43. The molecule has 5 N–H and O–H groups in total. The Balaban J connectivity index is 1.28. The zero-order chi connectivity index (χ0) is 26.6. The summed E-state index contributed by atoms with van der Waals surface area (Å²) in [5, 5.41) is 21.1. The average Bonchev–Trinajstić information content (AvgIpc) is 2.89. The van der Waals surface area contributed by atoms with Gasteiger partial charge in [0.1, 0.15) is 5.82 Å². The number of nitro benzene ring substituents is 1. The van der Waals surface area contributed by atoms with E-state index in [0.29, 0.717) is 39.3 Å². The maximum Gasteiger partial charge on any atom is 0.270 e. The summed E-state index contributed by atoms with van der Waals surface area (Å²) >= 11 is 0. The van der Waals surface area contributed by atoms with Crippen LogP contribution in [-0.4, -0.2) is 25.8 Å². The van der Waals surface area contributed by atoms with Crippen LogP contribution < -0.4 is 21.7 Å². The number of hydrogen-bond donors (Lipinski definition) is 4. The van der Waals surface area contributed by atoms with Gasteiger partial charge in [-0.25, -0.2) is 4.98 Å². The van der Waals surface area contributed by atoms with Crippen molar-refractivity contribution in [3.05, 3.63) is 106 Å². The highest BCUT2D eigenvalue weighted by atomic mass is 16.6. The minimum absolute atomic E-state index is 0.0119. The quantitative estimate of drug-likeness (QED) is 0.163. The Labute approximate surface area is 216 Å². The molecule has 188 valence electrons. The van der Waals surface area contributed by atoms with Gasteiger partial charge in [0.2, 0.25) is 5.95 Å². The van der Waals surface area contributed by atoms with Gasteiger partial charge < -0.3 is 21.7 Å². The first kappa shape index (κ1) is 24.1. The molecule has 0 unspecified atom stereocenters. The lowest BCUT2D eigenvalue weighted by atomic mass is 10.1. The Morgan fingerprint density at radius 2 is 1.68 bits per heavy atom. The van der Waals surface area contributed by atoms with Crippen LogP contribution in [0.2, 0.25) is 0 Å². The number of fused-ring (bicyclic) bond motifs is 1. The van der Waals surface area contributed by atoms with Crippen LogP contribution >= 0.6 is 0 Å². The van der Waals surface area contributed by atoms with E-state index < -0.39 is 4.92 Å². The number of nitrogens with zero attached hydrogens (tertiary/aromatic N) is 4. The molecule has 0 saturated heterocycles. The highest BCUT2D eigenvalue weighted by Crippen LogP contribution is 2.29. The van der Waals surface area contributed by atoms with E-state index in [1.165, 1.54) is 12.1 Å². The third-order valence-corrected chi connectivity index (χ3v) is 5.63. The molecule has 0 aliphatic carbocycles. The number of aromatic nitrogens is 3. The van der Waals surface area contributed by atoms with Crippen LogP contribution in [0.4, 0.5) is 40.2 Å². The van der Waals surface area contributed by atoms with Gasteiger partial charge in [-0.2, -0.15) is 4.98 Å². The van der Waals surface area contributed by atoms with Crippen molar-refractivity contribution in [3.8, 4) is 0 Å². The van der Waals surface area contributed by atoms with Gasteiger partial charge in [0.05, 0.1) is 10.4 Å². The number of nitrogens with two attached hydrogens (primary N) is 1. The van der Waals surface area contributed by atoms with Crippen molar-refractivity contribution < 1.29 is 9.72 Å². The Bertz CT molecular complexity index is 1650. The molecule has 11 nitrogen and oxygen atoms in total. The number of anilines is 6. The maximum absolute atomic E-state index is 12.9. The minimum atomic E-state index is -0.438. The van der Waals surface area contributed by atoms with Crippen LogP contribution in [0.25, 0.3) is 10.9 Å². The van der Waals surface area contributed by atoms with E-state index >= 15 is 0 Å². The first-order valence-corrected chi connectivity index (χ1v) is 11.5. The molecule has 1 amide bonds. The van der Waals surface area contributed by atoms with Gasteiger partial charge in [-0.15, -0.1) is 0 Å². The molecule has 5 rings (SSSR count). The lowest BCUT2D eigenvalue weighted by Gasteiger charge is -2.11. The van der Waals surface area contributed by atoms with Gasteiger partial charge in [-0.3, -0.25) is 19.9 Å². The van der Waals surface area contributed by atoms with Crippen LogP contribution in [0.15, 0.2) is 85.1 Å². The van der Waals surface area contributed by atoms with Crippen LogP contribution in [0.5, 0.6) is 0 Å². The monoisotopic (exact) mass is 506 g/mol. The number of aryl methyl sites for hydroxylation is 1. The number of nitrogens with one attached hydrogen (secondary N) is 3. The second-order valence-corrected chi connectivity index (χ2v) is 8.43. The summed E-state index contributed by atoms with van der Waals surface area (Å²) in [7, 11) is 0. The summed E-state index contributed by atoms with van der Waals surface area (Å²) in [6.07, 6.45) is 1.63. The van der Waals surface area contributed by atoms with E-state index in [-0.39, 0.29) is 17.5 Å². The van der Waals surface area contributed by atoms with E-state index in [9.17, 15) is 14.9 Å². The lowest BCUT2D eigenvalue weighted by molar-refractivity contribution is -0.384. The van der Waals surface area contributed by atoms with Gasteiger partial charge in [0.25, 0.3) is 11.6 Å². The number of nitro groups is 1. The predicted molar refractivity (Wildman–Crippen MR) is 147 cm³/mol. The molecule has 0 aliphatic heterocycles. The highest BCUT2D eigenvalue weighted by molar-refractivity contribution is 6.05. The number of carbonyl (C=O) groups is 1. The van der Waals surface area contributed by atoms with Crippen molar-refractivity contribution >= 4 is 57.0 Å². The number of amides is 1. The zero-order valence-corrected chi connectivity index (χ0v) is 20.2. The van der Waals surface area contributed by atoms with Gasteiger partial charge in [0, 0.05) is 63.8 Å². The van der Waals surface area contributed by atoms with Crippen molar-refractivity contribution in [2.75, 3.05) is 21.7 Å². The Morgan fingerprint density at radius 3 is 2.45 bits per heavy atom. The fraction of sp³-hybridized carbons (Fsp3) is 0.0370. The summed E-state index contributed by atoms with van der Waals surface area (Å²) in [4.78, 5) is 36.1. The number of hydrogen-bond acceptors (Lipinski definition) is 9. The summed E-state index contributed by atoms with van der Waals surface area (Å²) in [6, 6.07) is 22.2. The van der Waals surface area contributed by atoms with Crippen LogP contribution in [0.3, 0.4) is 0 Å². The number of benzene rings is 3. The second kappa shape index (κ2) is 10.2. The van der Waals surface area contributed by atoms with Crippen molar-refractivity contribution in [2.24, 2.45) is 0 Å². The molecule has 0 saturated carbocycles. The first-order valence-electron chi connectivity index (χ1n) is 11.5. The molecule has 3 aromatic carbocycles. The Hall–Kier alpha value is -5.58. The molecule has 0 spiro atoms. The van der Waals surface area contributed by atoms with Crippen molar-refractivity contribution in [2.45, 2.75) is 6.92 Å². The molecule has 5 aromatic rings. The standard InChI is InChI=1S/C27H22N8O3/c1-16-13-25(34-27(28)30-16)32-20-4-2-3-17(14-20)26(36)33-19-7-5-18(6-8-19)31-24-11-12-29-23-10-9-21(35(37)38)15-22(23)24/h2-15H,1H3,(H,29,31)(H,33,36)(H3,28,30,32,34). The summed E-state index contributed by atoms with van der Waals surface area (Å²) in [5.74, 6) is 0.421. The summed E-state index contributed by atoms with van der Waals surface area (Å²) in [6.45, 7) is 1.82. The van der Waals surface area contributed by atoms with Crippen molar-refractivity contribution in [3.63, 3.8) is 0 Å². The van der Waals surface area contributed by atoms with Crippen LogP contribution in [-0.2, 0) is 0 Å². The number of rotatable bonds is 7. The predicted octanol–water partition coefficient (Wildman–Crippen LogP) is 5.56. The smallest absolute Gasteiger partial charge is 0.270 e. The minimum Gasteiger partial charge on any atom is -0.368 e. The fourth-order valence-electron chi connectivity index (χ4n) is 3.89. The molecule has 0 bridgehead atoms. The van der Waals surface area contributed by atoms with E-state index in [2.05, 4.69) is 30.9 Å². The number of non-ortho nitro benzene ring substituents is 1. The number of pyridine rings is 1. The SMILES string of the molecule is Cc1cc(Nc2cccc(C(=O)Nc3ccc(Nc4ccnc5ccc([N+](=O)[O-])cc45)cc3)c2)nc(N)n1.